The molecule has 0 amide bonds. The fourth-order valence-electron chi connectivity index (χ4n) is 3.18. The number of nitrogens with zero attached hydrogens (tertiary/aromatic N) is 4. The van der Waals surface area contributed by atoms with Gasteiger partial charge in [-0.2, -0.15) is 4.31 Å². The van der Waals surface area contributed by atoms with E-state index in [1.165, 1.54) is 11.3 Å². The third-order valence-electron chi connectivity index (χ3n) is 4.77. The highest BCUT2D eigenvalue weighted by atomic mass is 32.2. The van der Waals surface area contributed by atoms with Gasteiger partial charge >= 0.3 is 0 Å². The van der Waals surface area contributed by atoms with Crippen molar-refractivity contribution in [1.82, 2.24) is 19.4 Å². The molecule has 1 aliphatic heterocycles. The number of piperazine rings is 1. The van der Waals surface area contributed by atoms with E-state index in [0.29, 0.717) is 48.6 Å². The molecule has 2 aromatic heterocycles. The summed E-state index contributed by atoms with van der Waals surface area (Å²) < 4.78 is 33.2. The Morgan fingerprint density at radius 2 is 1.79 bits per heavy atom. The highest BCUT2D eigenvalue weighted by Gasteiger charge is 2.29. The molecule has 0 aliphatic carbocycles. The lowest BCUT2D eigenvalue weighted by atomic mass is 10.2. The minimum absolute atomic E-state index is 0.428. The maximum atomic E-state index is 12.7. The van der Waals surface area contributed by atoms with Crippen LogP contribution in [-0.2, 0) is 16.4 Å². The summed E-state index contributed by atoms with van der Waals surface area (Å²) in [5.74, 6) is 1.13. The van der Waals surface area contributed by atoms with Crippen LogP contribution in [0.1, 0.15) is 10.8 Å². The number of sulfonamides is 1. The van der Waals surface area contributed by atoms with E-state index in [9.17, 15) is 8.42 Å². The molecule has 1 aromatic carbocycles. The number of hydrogen-bond donors (Lipinski definition) is 0. The van der Waals surface area contributed by atoms with E-state index in [4.69, 9.17) is 4.42 Å². The third-order valence-corrected chi connectivity index (χ3v) is 8.14. The summed E-state index contributed by atoms with van der Waals surface area (Å²) in [6.45, 7) is 5.08. The van der Waals surface area contributed by atoms with Crippen molar-refractivity contribution < 1.29 is 12.8 Å². The van der Waals surface area contributed by atoms with Crippen LogP contribution in [0.2, 0.25) is 0 Å². The van der Waals surface area contributed by atoms with Gasteiger partial charge in [-0.3, -0.25) is 0 Å². The first-order valence-corrected chi connectivity index (χ1v) is 11.4. The Hall–Kier alpha value is -2.07. The van der Waals surface area contributed by atoms with Crippen LogP contribution in [0.5, 0.6) is 0 Å². The minimum Gasteiger partial charge on any atom is -0.421 e. The average Bonchev–Trinajstić information content (AvgIpc) is 3.37. The summed E-state index contributed by atoms with van der Waals surface area (Å²) in [5.41, 5.74) is 0.906. The zero-order valence-corrected chi connectivity index (χ0v) is 17.2. The molecule has 1 fully saturated rings. The van der Waals surface area contributed by atoms with Gasteiger partial charge in [-0.1, -0.05) is 18.2 Å². The monoisotopic (exact) mass is 418 g/mol. The topological polar surface area (TPSA) is 79.5 Å². The van der Waals surface area contributed by atoms with Gasteiger partial charge in [0.05, 0.1) is 0 Å². The Morgan fingerprint density at radius 3 is 2.46 bits per heavy atom. The van der Waals surface area contributed by atoms with Crippen LogP contribution < -0.4 is 0 Å². The number of rotatable bonds is 6. The molecule has 7 nitrogen and oxygen atoms in total. The predicted molar refractivity (Wildman–Crippen MR) is 108 cm³/mol. The highest BCUT2D eigenvalue weighted by molar-refractivity contribution is 7.91. The number of hydrogen-bond acceptors (Lipinski definition) is 7. The summed E-state index contributed by atoms with van der Waals surface area (Å²) in [4.78, 5) is 3.24. The second-order valence-electron chi connectivity index (χ2n) is 6.73. The van der Waals surface area contributed by atoms with E-state index in [-0.39, 0.29) is 0 Å². The predicted octanol–water partition coefficient (Wildman–Crippen LogP) is 2.66. The fraction of sp³-hybridized carbons (Fsp3) is 0.368. The van der Waals surface area contributed by atoms with Crippen LogP contribution in [0.25, 0.3) is 11.5 Å². The first kappa shape index (κ1) is 19.3. The zero-order chi connectivity index (χ0) is 19.6. The summed E-state index contributed by atoms with van der Waals surface area (Å²) in [5, 5.41) is 8.23. The minimum atomic E-state index is -3.37. The molecule has 0 bridgehead atoms. The van der Waals surface area contributed by atoms with Gasteiger partial charge in [-0.15, -0.1) is 21.5 Å². The van der Waals surface area contributed by atoms with Crippen molar-refractivity contribution in [3.8, 4) is 11.5 Å². The molecule has 3 heterocycles. The average molecular weight is 419 g/mol. The van der Waals surface area contributed by atoms with E-state index < -0.39 is 10.0 Å². The van der Waals surface area contributed by atoms with Crippen LogP contribution >= 0.6 is 11.3 Å². The standard InChI is InChI=1S/C19H22N4O3S2/c1-15-7-8-18(27-15)28(24,25)23-13-11-22(12-14-23)10-9-17-20-21-19(26-17)16-5-3-2-4-6-16/h2-8H,9-14H2,1H3. The lowest BCUT2D eigenvalue weighted by molar-refractivity contribution is 0.187. The Bertz CT molecular complexity index is 1020. The van der Waals surface area contributed by atoms with Gasteiger partial charge in [0.15, 0.2) is 0 Å². The van der Waals surface area contributed by atoms with Crippen molar-refractivity contribution in [1.29, 1.82) is 0 Å². The van der Waals surface area contributed by atoms with Crippen LogP contribution in [0, 0.1) is 6.92 Å². The normalized spacial score (nSPS) is 16.5. The molecular weight excluding hydrogens is 396 g/mol. The molecule has 28 heavy (non-hydrogen) atoms. The first-order valence-electron chi connectivity index (χ1n) is 9.19. The molecule has 0 radical (unpaired) electrons. The van der Waals surface area contributed by atoms with E-state index in [2.05, 4.69) is 15.1 Å². The van der Waals surface area contributed by atoms with Crippen molar-refractivity contribution in [2.45, 2.75) is 17.6 Å². The van der Waals surface area contributed by atoms with Crippen molar-refractivity contribution in [2.24, 2.45) is 0 Å². The molecule has 1 aliphatic rings. The van der Waals surface area contributed by atoms with Gasteiger partial charge < -0.3 is 9.32 Å². The van der Waals surface area contributed by atoms with E-state index in [0.717, 1.165) is 17.0 Å². The lowest BCUT2D eigenvalue weighted by Gasteiger charge is -2.33. The molecule has 1 saturated heterocycles. The Morgan fingerprint density at radius 1 is 1.04 bits per heavy atom. The van der Waals surface area contributed by atoms with Gasteiger partial charge in [0.1, 0.15) is 4.21 Å². The second kappa shape index (κ2) is 8.12. The van der Waals surface area contributed by atoms with Gasteiger partial charge in [0.2, 0.25) is 11.8 Å². The summed E-state index contributed by atoms with van der Waals surface area (Å²) in [6, 6.07) is 13.2. The molecule has 3 aromatic rings. The first-order chi connectivity index (χ1) is 13.5. The van der Waals surface area contributed by atoms with Gasteiger partial charge in [0.25, 0.3) is 10.0 Å². The van der Waals surface area contributed by atoms with Gasteiger partial charge in [-0.25, -0.2) is 8.42 Å². The Kier molecular flexibility index (Phi) is 5.58. The molecule has 0 atom stereocenters. The molecule has 9 heteroatoms. The third kappa shape index (κ3) is 4.17. The van der Waals surface area contributed by atoms with E-state index in [1.807, 2.05) is 43.3 Å². The van der Waals surface area contributed by atoms with Crippen LogP contribution in [0.3, 0.4) is 0 Å². The van der Waals surface area contributed by atoms with Crippen LogP contribution in [0.15, 0.2) is 51.1 Å². The summed E-state index contributed by atoms with van der Waals surface area (Å²) in [6.07, 6.45) is 0.650. The Labute approximate surface area is 168 Å². The number of benzene rings is 1. The Balaban J connectivity index is 1.30. The number of aryl methyl sites for hydroxylation is 1. The fourth-order valence-corrected chi connectivity index (χ4v) is 6.04. The van der Waals surface area contributed by atoms with Crippen molar-refractivity contribution in [3.63, 3.8) is 0 Å². The van der Waals surface area contributed by atoms with Crippen LogP contribution in [-0.4, -0.2) is 60.5 Å². The number of aromatic nitrogens is 2. The molecular formula is C19H22N4O3S2. The maximum absolute atomic E-state index is 12.7. The molecule has 0 spiro atoms. The van der Waals surface area contributed by atoms with E-state index >= 15 is 0 Å². The number of thiophene rings is 1. The SMILES string of the molecule is Cc1ccc(S(=O)(=O)N2CCN(CCc3nnc(-c4ccccc4)o3)CC2)s1. The van der Waals surface area contributed by atoms with Crippen molar-refractivity contribution in [3.05, 3.63) is 53.2 Å². The second-order valence-corrected chi connectivity index (χ2v) is 10.2. The zero-order valence-electron chi connectivity index (χ0n) is 15.6. The van der Waals surface area contributed by atoms with Crippen LogP contribution in [0.4, 0.5) is 0 Å². The molecule has 4 rings (SSSR count). The van der Waals surface area contributed by atoms with Crippen molar-refractivity contribution >= 4 is 21.4 Å². The van der Waals surface area contributed by atoms with Crippen molar-refractivity contribution in [2.75, 3.05) is 32.7 Å². The highest BCUT2D eigenvalue weighted by Crippen LogP contribution is 2.25. The maximum Gasteiger partial charge on any atom is 0.252 e. The summed E-state index contributed by atoms with van der Waals surface area (Å²) >= 11 is 1.33. The van der Waals surface area contributed by atoms with Gasteiger partial charge in [0, 0.05) is 49.6 Å². The molecule has 0 unspecified atom stereocenters. The smallest absolute Gasteiger partial charge is 0.252 e. The lowest BCUT2D eigenvalue weighted by Crippen LogP contribution is -2.48. The largest absolute Gasteiger partial charge is 0.421 e. The molecule has 0 N–H and O–H groups in total. The molecule has 0 saturated carbocycles. The summed E-state index contributed by atoms with van der Waals surface area (Å²) in [7, 11) is -3.37. The van der Waals surface area contributed by atoms with Gasteiger partial charge in [-0.05, 0) is 31.2 Å². The quantitative estimate of drug-likeness (QED) is 0.612. The van der Waals surface area contributed by atoms with E-state index in [1.54, 1.807) is 10.4 Å². The molecule has 148 valence electrons.